The average molecular weight is 668 g/mol. The summed E-state index contributed by atoms with van der Waals surface area (Å²) < 4.78 is 70.6. The zero-order valence-corrected chi connectivity index (χ0v) is 26.2. The number of aliphatic carboxylic acids is 1. The van der Waals surface area contributed by atoms with Crippen LogP contribution in [-0.4, -0.2) is 49.5 Å². The summed E-state index contributed by atoms with van der Waals surface area (Å²) in [5, 5.41) is 20.2. The maximum Gasteiger partial charge on any atom is 0.417 e. The monoisotopic (exact) mass is 666 g/mol. The van der Waals surface area contributed by atoms with Crippen LogP contribution in [0.5, 0.6) is 0 Å². The van der Waals surface area contributed by atoms with Crippen molar-refractivity contribution in [2.75, 3.05) is 13.2 Å². The summed E-state index contributed by atoms with van der Waals surface area (Å²) in [6.07, 6.45) is 6.84. The first-order valence-electron chi connectivity index (χ1n) is 14.4. The van der Waals surface area contributed by atoms with Gasteiger partial charge >= 0.3 is 12.1 Å². The van der Waals surface area contributed by atoms with Crippen LogP contribution >= 0.6 is 15.9 Å². The Balaban J connectivity index is 0.000000317. The molecule has 0 heterocycles. The number of unbranched alkanes of at least 4 members (excludes halogenated alkanes) is 7. The second-order valence-electron chi connectivity index (χ2n) is 10.8. The highest BCUT2D eigenvalue weighted by atomic mass is 79.9. The molecule has 0 aliphatic heterocycles. The quantitative estimate of drug-likeness (QED) is 0.189. The number of nitriles is 1. The molecule has 232 valence electrons. The van der Waals surface area contributed by atoms with E-state index in [4.69, 9.17) is 10.00 Å². The minimum atomic E-state index is -4.85. The molecule has 0 saturated heterocycles. The summed E-state index contributed by atoms with van der Waals surface area (Å²) >= 11 is 2.91. The van der Waals surface area contributed by atoms with Crippen LogP contribution in [0.1, 0.15) is 96.5 Å². The number of rotatable bonds is 15. The molecule has 3 rings (SSSR count). The first-order chi connectivity index (χ1) is 19.3. The van der Waals surface area contributed by atoms with E-state index in [1.165, 1.54) is 57.4 Å². The highest BCUT2D eigenvalue weighted by molar-refractivity contribution is 9.10. The zero-order valence-electron chi connectivity index (χ0n) is 23.8. The van der Waals surface area contributed by atoms with Crippen LogP contribution in [0.2, 0.25) is 0 Å². The number of carboxylic acids is 1. The summed E-state index contributed by atoms with van der Waals surface area (Å²) in [7, 11) is -4.37. The number of nitrogens with one attached hydrogen (secondary N) is 1. The minimum Gasteiger partial charge on any atom is -0.481 e. The Morgan fingerprint density at radius 1 is 1.12 bits per heavy atom. The summed E-state index contributed by atoms with van der Waals surface area (Å²) in [4.78, 5) is 10.5. The number of carboxylic acid groups (broad SMARTS) is 1. The Kier molecular flexibility index (Phi) is 14.1. The fourth-order valence-corrected chi connectivity index (χ4v) is 7.42. The van der Waals surface area contributed by atoms with Gasteiger partial charge in [0.15, 0.2) is 9.84 Å². The van der Waals surface area contributed by atoms with Crippen molar-refractivity contribution in [3.63, 3.8) is 0 Å². The second-order valence-corrected chi connectivity index (χ2v) is 13.9. The molecule has 2 fully saturated rings. The smallest absolute Gasteiger partial charge is 0.417 e. The number of hydrogen-bond donors (Lipinski definition) is 2. The molecule has 1 aromatic carbocycles. The van der Waals surface area contributed by atoms with E-state index in [0.717, 1.165) is 25.5 Å². The van der Waals surface area contributed by atoms with E-state index in [9.17, 15) is 31.5 Å². The van der Waals surface area contributed by atoms with Gasteiger partial charge in [0.1, 0.15) is 5.54 Å². The molecule has 0 spiro atoms. The lowest BCUT2D eigenvalue weighted by Gasteiger charge is -2.17. The van der Waals surface area contributed by atoms with Gasteiger partial charge < -0.3 is 9.84 Å². The maximum absolute atomic E-state index is 13.2. The van der Waals surface area contributed by atoms with Crippen LogP contribution in [0.4, 0.5) is 13.2 Å². The van der Waals surface area contributed by atoms with E-state index >= 15 is 0 Å². The van der Waals surface area contributed by atoms with Crippen molar-refractivity contribution >= 4 is 31.7 Å². The van der Waals surface area contributed by atoms with E-state index < -0.39 is 49.7 Å². The number of halogens is 4. The van der Waals surface area contributed by atoms with E-state index in [-0.39, 0.29) is 29.5 Å². The standard InChI is InChI=1S/C15H16BrF3O5S.C14H26N2/c1-2-24-12-7-9(6-10(12)14(20)21)25(22,23)13-4-3-8(16)5-11(13)15(17,18)19;1-2-3-4-5-6-7-8-9-12-16-14(13-15)10-11-14/h3-5,9-10,12H,2,6-7H2,1H3,(H,20,21);16H,2-12H2,1H3/t9-,10-,12-;/m0./s1. The van der Waals surface area contributed by atoms with Crippen molar-refractivity contribution in [2.24, 2.45) is 5.92 Å². The van der Waals surface area contributed by atoms with E-state index in [2.05, 4.69) is 34.2 Å². The van der Waals surface area contributed by atoms with Crippen molar-refractivity contribution < 1.29 is 36.2 Å². The number of nitrogens with zero attached hydrogens (tertiary/aromatic N) is 1. The van der Waals surface area contributed by atoms with Gasteiger partial charge in [-0.1, -0.05) is 67.8 Å². The van der Waals surface area contributed by atoms with Gasteiger partial charge in [0.05, 0.1) is 33.8 Å². The van der Waals surface area contributed by atoms with Gasteiger partial charge in [-0.25, -0.2) is 8.42 Å². The lowest BCUT2D eigenvalue weighted by molar-refractivity contribution is -0.146. The molecule has 3 atom stereocenters. The normalized spacial score (nSPS) is 21.5. The lowest BCUT2D eigenvalue weighted by atomic mass is 10.1. The molecule has 0 aromatic heterocycles. The number of benzene rings is 1. The Morgan fingerprint density at radius 2 is 1.73 bits per heavy atom. The molecule has 2 saturated carbocycles. The first kappa shape index (κ1) is 35.5. The zero-order chi connectivity index (χ0) is 30.7. The van der Waals surface area contributed by atoms with Crippen LogP contribution in [0.3, 0.4) is 0 Å². The molecule has 0 radical (unpaired) electrons. The molecular formula is C29H42BrF3N2O5S. The average Bonchev–Trinajstić information content (AvgIpc) is 3.56. The summed E-state index contributed by atoms with van der Waals surface area (Å²) in [5.41, 5.74) is -1.38. The third-order valence-electron chi connectivity index (χ3n) is 7.61. The molecule has 1 aromatic rings. The Labute approximate surface area is 250 Å². The SMILES string of the molecule is CCCCCCCCCCNC1(C#N)CC1.CCO[C@H]1C[C@@H](S(=O)(=O)c2ccc(Br)cc2C(F)(F)F)C[C@@H]1C(=O)O. The van der Waals surface area contributed by atoms with Crippen LogP contribution in [0.25, 0.3) is 0 Å². The molecule has 2 aliphatic carbocycles. The number of ether oxygens (including phenoxy) is 1. The Hall–Kier alpha value is -1.68. The molecule has 2 aliphatic rings. The van der Waals surface area contributed by atoms with Gasteiger partial charge in [-0.3, -0.25) is 10.1 Å². The molecule has 2 N–H and O–H groups in total. The van der Waals surface area contributed by atoms with Crippen molar-refractivity contribution in [2.45, 2.75) is 119 Å². The van der Waals surface area contributed by atoms with Gasteiger partial charge in [-0.2, -0.15) is 18.4 Å². The highest BCUT2D eigenvalue weighted by Gasteiger charge is 2.48. The molecule has 7 nitrogen and oxygen atoms in total. The van der Waals surface area contributed by atoms with Crippen LogP contribution in [-0.2, 0) is 25.5 Å². The van der Waals surface area contributed by atoms with Gasteiger partial charge in [-0.15, -0.1) is 0 Å². The largest absolute Gasteiger partial charge is 0.481 e. The fraction of sp³-hybridized carbons (Fsp3) is 0.724. The summed E-state index contributed by atoms with van der Waals surface area (Å²) in [6.45, 7) is 5.11. The van der Waals surface area contributed by atoms with Crippen LogP contribution in [0, 0.1) is 17.2 Å². The second kappa shape index (κ2) is 16.2. The molecule has 12 heteroatoms. The number of alkyl halides is 3. The molecule has 0 unspecified atom stereocenters. The summed E-state index contributed by atoms with van der Waals surface area (Å²) in [5.74, 6) is -2.28. The number of carbonyl (C=O) groups is 1. The van der Waals surface area contributed by atoms with E-state index in [1.54, 1.807) is 6.92 Å². The van der Waals surface area contributed by atoms with Gasteiger partial charge in [0.2, 0.25) is 0 Å². The van der Waals surface area contributed by atoms with Gasteiger partial charge in [0, 0.05) is 11.1 Å². The number of sulfone groups is 1. The molecular weight excluding hydrogens is 625 g/mol. The highest BCUT2D eigenvalue weighted by Crippen LogP contribution is 2.41. The van der Waals surface area contributed by atoms with Crippen molar-refractivity contribution in [1.82, 2.24) is 5.32 Å². The van der Waals surface area contributed by atoms with Crippen molar-refractivity contribution in [3.05, 3.63) is 28.2 Å². The first-order valence-corrected chi connectivity index (χ1v) is 16.8. The molecule has 0 amide bonds. The van der Waals surface area contributed by atoms with Crippen molar-refractivity contribution in [1.29, 1.82) is 5.26 Å². The molecule has 41 heavy (non-hydrogen) atoms. The van der Waals surface area contributed by atoms with Gasteiger partial charge in [0.25, 0.3) is 0 Å². The van der Waals surface area contributed by atoms with Crippen molar-refractivity contribution in [3.8, 4) is 6.07 Å². The Bertz CT molecular complexity index is 1140. The van der Waals surface area contributed by atoms with Crippen LogP contribution in [0.15, 0.2) is 27.6 Å². The predicted molar refractivity (Wildman–Crippen MR) is 154 cm³/mol. The topological polar surface area (TPSA) is 116 Å². The maximum atomic E-state index is 13.2. The third-order valence-corrected chi connectivity index (χ3v) is 10.3. The fourth-order valence-electron chi connectivity index (χ4n) is 5.06. The van der Waals surface area contributed by atoms with Crippen LogP contribution < -0.4 is 5.32 Å². The number of hydrogen-bond acceptors (Lipinski definition) is 6. The molecule has 0 bridgehead atoms. The van der Waals surface area contributed by atoms with E-state index in [0.29, 0.717) is 6.07 Å². The Morgan fingerprint density at radius 3 is 2.24 bits per heavy atom. The summed E-state index contributed by atoms with van der Waals surface area (Å²) in [6, 6.07) is 5.18. The third kappa shape index (κ3) is 10.8. The minimum absolute atomic E-state index is 0.0980. The van der Waals surface area contributed by atoms with E-state index in [1.807, 2.05) is 0 Å². The lowest BCUT2D eigenvalue weighted by Crippen LogP contribution is -2.30. The van der Waals surface area contributed by atoms with Gasteiger partial charge in [-0.05, 0) is 63.8 Å². The predicted octanol–water partition coefficient (Wildman–Crippen LogP) is 7.28.